The zero-order valence-electron chi connectivity index (χ0n) is 11.9. The molecule has 0 radical (unpaired) electrons. The van der Waals surface area contributed by atoms with Crippen LogP contribution >= 0.6 is 11.8 Å². The molecule has 2 amide bonds. The van der Waals surface area contributed by atoms with E-state index in [9.17, 15) is 9.59 Å². The number of nitrogens with one attached hydrogen (secondary N) is 1. The number of rotatable bonds is 6. The SMILES string of the molecule is CSc1ccc(CN2C(=O)OC[C@H]2C(=O)NCCN)cc1. The topological polar surface area (TPSA) is 84.7 Å². The lowest BCUT2D eigenvalue weighted by Gasteiger charge is -2.20. The Labute approximate surface area is 128 Å². The molecule has 1 atom stereocenters. The second-order valence-electron chi connectivity index (χ2n) is 4.65. The molecule has 2 rings (SSSR count). The van der Waals surface area contributed by atoms with E-state index < -0.39 is 12.1 Å². The molecular weight excluding hydrogens is 290 g/mol. The van der Waals surface area contributed by atoms with Gasteiger partial charge in [0.05, 0.1) is 6.54 Å². The first-order chi connectivity index (χ1) is 10.2. The monoisotopic (exact) mass is 309 g/mol. The summed E-state index contributed by atoms with van der Waals surface area (Å²) in [6.07, 6.45) is 1.54. The number of ether oxygens (including phenoxy) is 1. The number of nitrogens with zero attached hydrogens (tertiary/aromatic N) is 1. The molecule has 3 N–H and O–H groups in total. The molecule has 1 fully saturated rings. The van der Waals surface area contributed by atoms with Crippen LogP contribution in [0, 0.1) is 0 Å². The summed E-state index contributed by atoms with van der Waals surface area (Å²) < 4.78 is 4.99. The quantitative estimate of drug-likeness (QED) is 0.760. The molecule has 0 aliphatic carbocycles. The molecule has 6 nitrogen and oxygen atoms in total. The van der Waals surface area contributed by atoms with Crippen LogP contribution in [0.3, 0.4) is 0 Å². The maximum atomic E-state index is 12.0. The molecule has 1 aromatic carbocycles. The molecule has 1 aliphatic heterocycles. The summed E-state index contributed by atoms with van der Waals surface area (Å²) in [7, 11) is 0. The summed E-state index contributed by atoms with van der Waals surface area (Å²) in [6, 6.07) is 7.29. The van der Waals surface area contributed by atoms with Gasteiger partial charge in [0.1, 0.15) is 12.6 Å². The van der Waals surface area contributed by atoms with Gasteiger partial charge in [-0.15, -0.1) is 11.8 Å². The van der Waals surface area contributed by atoms with Crippen molar-refractivity contribution < 1.29 is 14.3 Å². The van der Waals surface area contributed by atoms with E-state index in [2.05, 4.69) is 5.32 Å². The molecule has 1 saturated heterocycles. The molecule has 1 aromatic rings. The van der Waals surface area contributed by atoms with Gasteiger partial charge in [-0.1, -0.05) is 12.1 Å². The lowest BCUT2D eigenvalue weighted by atomic mass is 10.2. The van der Waals surface area contributed by atoms with Crippen LogP contribution in [0.4, 0.5) is 4.79 Å². The Morgan fingerprint density at radius 1 is 1.48 bits per heavy atom. The highest BCUT2D eigenvalue weighted by Gasteiger charge is 2.37. The van der Waals surface area contributed by atoms with E-state index in [1.807, 2.05) is 30.5 Å². The second-order valence-corrected chi connectivity index (χ2v) is 5.53. The lowest BCUT2D eigenvalue weighted by Crippen LogP contribution is -2.46. The van der Waals surface area contributed by atoms with Gasteiger partial charge in [-0.25, -0.2) is 4.79 Å². The molecular formula is C14H19N3O3S. The molecule has 0 bridgehead atoms. The molecule has 0 unspecified atom stereocenters. The summed E-state index contributed by atoms with van der Waals surface area (Å²) >= 11 is 1.65. The Hall–Kier alpha value is -1.73. The van der Waals surface area contributed by atoms with Crippen LogP contribution in [0.2, 0.25) is 0 Å². The van der Waals surface area contributed by atoms with Crippen molar-refractivity contribution in [2.45, 2.75) is 17.5 Å². The number of benzene rings is 1. The van der Waals surface area contributed by atoms with Crippen LogP contribution in [-0.4, -0.2) is 48.9 Å². The Balaban J connectivity index is 2.04. The molecule has 0 spiro atoms. The highest BCUT2D eigenvalue weighted by atomic mass is 32.2. The number of nitrogens with two attached hydrogens (primary N) is 1. The van der Waals surface area contributed by atoms with Crippen LogP contribution < -0.4 is 11.1 Å². The molecule has 114 valence electrons. The normalized spacial score (nSPS) is 17.7. The van der Waals surface area contributed by atoms with Gasteiger partial charge in [0.15, 0.2) is 0 Å². The fourth-order valence-corrected chi connectivity index (χ4v) is 2.49. The Bertz CT molecular complexity index is 507. The minimum atomic E-state index is -0.593. The summed E-state index contributed by atoms with van der Waals surface area (Å²) in [5.41, 5.74) is 6.32. The van der Waals surface area contributed by atoms with Crippen molar-refractivity contribution in [2.24, 2.45) is 5.73 Å². The number of thioether (sulfide) groups is 1. The van der Waals surface area contributed by atoms with Crippen LogP contribution in [0.5, 0.6) is 0 Å². The molecule has 7 heteroatoms. The summed E-state index contributed by atoms with van der Waals surface area (Å²) in [5.74, 6) is -0.230. The minimum Gasteiger partial charge on any atom is -0.447 e. The van der Waals surface area contributed by atoms with Crippen molar-refractivity contribution >= 4 is 23.8 Å². The summed E-state index contributed by atoms with van der Waals surface area (Å²) in [5, 5.41) is 2.69. The van der Waals surface area contributed by atoms with E-state index in [4.69, 9.17) is 10.5 Å². The third-order valence-electron chi connectivity index (χ3n) is 3.23. The van der Waals surface area contributed by atoms with Crippen molar-refractivity contribution in [3.05, 3.63) is 29.8 Å². The average Bonchev–Trinajstić information content (AvgIpc) is 2.87. The standard InChI is InChI=1S/C14H19N3O3S/c1-21-11-4-2-10(3-5-11)8-17-12(9-20-14(17)19)13(18)16-7-6-15/h2-5,12H,6-9,15H2,1H3,(H,16,18)/t12-/m0/s1. The number of hydrogen-bond acceptors (Lipinski definition) is 5. The smallest absolute Gasteiger partial charge is 0.410 e. The third-order valence-corrected chi connectivity index (χ3v) is 3.98. The van der Waals surface area contributed by atoms with E-state index in [0.29, 0.717) is 19.6 Å². The van der Waals surface area contributed by atoms with Crippen molar-refractivity contribution in [2.75, 3.05) is 26.0 Å². The van der Waals surface area contributed by atoms with Crippen LogP contribution in [-0.2, 0) is 16.1 Å². The van der Waals surface area contributed by atoms with Gasteiger partial charge in [-0.05, 0) is 24.0 Å². The number of carbonyl (C=O) groups is 2. The van der Waals surface area contributed by atoms with Crippen LogP contribution in [0.1, 0.15) is 5.56 Å². The highest BCUT2D eigenvalue weighted by Crippen LogP contribution is 2.19. The number of amides is 2. The van der Waals surface area contributed by atoms with Crippen molar-refractivity contribution in [3.8, 4) is 0 Å². The molecule has 1 aliphatic rings. The van der Waals surface area contributed by atoms with Crippen molar-refractivity contribution in [1.29, 1.82) is 0 Å². The van der Waals surface area contributed by atoms with Gasteiger partial charge in [-0.3, -0.25) is 9.69 Å². The third kappa shape index (κ3) is 3.89. The van der Waals surface area contributed by atoms with E-state index >= 15 is 0 Å². The van der Waals surface area contributed by atoms with E-state index in [-0.39, 0.29) is 12.5 Å². The summed E-state index contributed by atoms with van der Waals surface area (Å²) in [4.78, 5) is 26.4. The van der Waals surface area contributed by atoms with Gasteiger partial charge in [0.2, 0.25) is 5.91 Å². The predicted octanol–water partition coefficient (Wildman–Crippen LogP) is 0.804. The summed E-state index contributed by atoms with van der Waals surface area (Å²) in [6.45, 7) is 1.19. The first-order valence-corrected chi connectivity index (χ1v) is 7.92. The largest absolute Gasteiger partial charge is 0.447 e. The van der Waals surface area contributed by atoms with Crippen molar-refractivity contribution in [3.63, 3.8) is 0 Å². The molecule has 21 heavy (non-hydrogen) atoms. The molecule has 1 heterocycles. The van der Waals surface area contributed by atoms with Gasteiger partial charge >= 0.3 is 6.09 Å². The van der Waals surface area contributed by atoms with E-state index in [0.717, 1.165) is 10.5 Å². The van der Waals surface area contributed by atoms with Gasteiger partial charge in [0, 0.05) is 18.0 Å². The number of hydrogen-bond donors (Lipinski definition) is 2. The predicted molar refractivity (Wildman–Crippen MR) is 81.0 cm³/mol. The fraction of sp³-hybridized carbons (Fsp3) is 0.429. The first-order valence-electron chi connectivity index (χ1n) is 6.70. The van der Waals surface area contributed by atoms with Gasteiger partial charge in [-0.2, -0.15) is 0 Å². The number of carbonyl (C=O) groups excluding carboxylic acids is 2. The van der Waals surface area contributed by atoms with Gasteiger partial charge < -0.3 is 15.8 Å². The van der Waals surface area contributed by atoms with Crippen molar-refractivity contribution in [1.82, 2.24) is 10.2 Å². The van der Waals surface area contributed by atoms with E-state index in [1.54, 1.807) is 11.8 Å². The first kappa shape index (κ1) is 15.7. The fourth-order valence-electron chi connectivity index (χ4n) is 2.08. The van der Waals surface area contributed by atoms with Crippen LogP contribution in [0.15, 0.2) is 29.2 Å². The number of cyclic esters (lactones) is 1. The Morgan fingerprint density at radius 2 is 2.19 bits per heavy atom. The van der Waals surface area contributed by atoms with Crippen LogP contribution in [0.25, 0.3) is 0 Å². The minimum absolute atomic E-state index is 0.0815. The highest BCUT2D eigenvalue weighted by molar-refractivity contribution is 7.98. The molecule has 0 saturated carbocycles. The zero-order valence-corrected chi connectivity index (χ0v) is 12.7. The molecule has 0 aromatic heterocycles. The maximum Gasteiger partial charge on any atom is 0.410 e. The maximum absolute atomic E-state index is 12.0. The van der Waals surface area contributed by atoms with E-state index in [1.165, 1.54) is 4.90 Å². The Kier molecular flexibility index (Phi) is 5.46. The second kappa shape index (κ2) is 7.33. The zero-order chi connectivity index (χ0) is 15.2. The average molecular weight is 309 g/mol. The Morgan fingerprint density at radius 3 is 2.81 bits per heavy atom. The lowest BCUT2D eigenvalue weighted by molar-refractivity contribution is -0.124. The van der Waals surface area contributed by atoms with Gasteiger partial charge in [0.25, 0.3) is 0 Å².